The van der Waals surface area contributed by atoms with E-state index in [1.165, 1.54) is 29.7 Å². The number of carboxylic acids is 1. The number of nitrogens with zero attached hydrogens (tertiary/aromatic N) is 1. The molecule has 3 fully saturated rings. The van der Waals surface area contributed by atoms with Crippen molar-refractivity contribution in [3.63, 3.8) is 0 Å². The van der Waals surface area contributed by atoms with Gasteiger partial charge in [0, 0.05) is 11.0 Å². The maximum atomic E-state index is 12.9. The number of hydrogen-bond donors (Lipinski definition) is 1. The Bertz CT molecular complexity index is 1100. The fourth-order valence-corrected chi connectivity index (χ4v) is 11.1. The van der Waals surface area contributed by atoms with Gasteiger partial charge in [-0.25, -0.2) is 0 Å². The third-order valence-corrected chi connectivity index (χ3v) is 13.4. The molecular formula is C31H45NO3. The minimum absolute atomic E-state index is 0.0138. The highest BCUT2D eigenvalue weighted by Crippen LogP contribution is 2.75. The van der Waals surface area contributed by atoms with E-state index >= 15 is 0 Å². The van der Waals surface area contributed by atoms with E-state index in [0.29, 0.717) is 23.7 Å². The highest BCUT2D eigenvalue weighted by atomic mass is 16.5. The molecule has 1 heterocycles. The molecule has 5 aliphatic rings. The van der Waals surface area contributed by atoms with E-state index in [-0.39, 0.29) is 27.6 Å². The van der Waals surface area contributed by atoms with E-state index in [0.717, 1.165) is 38.5 Å². The van der Waals surface area contributed by atoms with Gasteiger partial charge in [-0.1, -0.05) is 65.3 Å². The van der Waals surface area contributed by atoms with Crippen molar-refractivity contribution in [1.29, 1.82) is 0 Å². The molecule has 0 amide bonds. The summed E-state index contributed by atoms with van der Waals surface area (Å²) in [7, 11) is 0. The Labute approximate surface area is 211 Å². The Kier molecular flexibility index (Phi) is 4.79. The van der Waals surface area contributed by atoms with Gasteiger partial charge < -0.3 is 9.63 Å². The molecule has 192 valence electrons. The van der Waals surface area contributed by atoms with Crippen molar-refractivity contribution in [2.45, 2.75) is 105 Å². The molecule has 0 aromatic carbocycles. The Balaban J connectivity index is 1.48. The van der Waals surface area contributed by atoms with Crippen LogP contribution in [0.5, 0.6) is 0 Å². The third-order valence-electron chi connectivity index (χ3n) is 13.4. The third kappa shape index (κ3) is 2.65. The molecule has 1 aromatic rings. The van der Waals surface area contributed by atoms with Gasteiger partial charge in [0.25, 0.3) is 0 Å². The number of rotatable bonds is 1. The van der Waals surface area contributed by atoms with Gasteiger partial charge in [-0.15, -0.1) is 0 Å². The zero-order chi connectivity index (χ0) is 25.2. The second-order valence-electron chi connectivity index (χ2n) is 14.7. The lowest BCUT2D eigenvalue weighted by Gasteiger charge is -2.70. The van der Waals surface area contributed by atoms with E-state index < -0.39 is 11.4 Å². The Morgan fingerprint density at radius 3 is 2.49 bits per heavy atom. The summed E-state index contributed by atoms with van der Waals surface area (Å²) in [4.78, 5) is 12.9. The molecule has 0 spiro atoms. The zero-order valence-corrected chi connectivity index (χ0v) is 22.9. The van der Waals surface area contributed by atoms with Crippen molar-refractivity contribution < 1.29 is 14.4 Å². The molecule has 1 aromatic heterocycles. The molecule has 0 radical (unpaired) electrons. The molecule has 1 N–H and O–H groups in total. The molecule has 4 nitrogen and oxygen atoms in total. The Hall–Kier alpha value is -1.58. The maximum Gasteiger partial charge on any atom is 0.310 e. The van der Waals surface area contributed by atoms with Gasteiger partial charge in [0.1, 0.15) is 6.26 Å². The van der Waals surface area contributed by atoms with E-state index in [1.807, 2.05) is 6.26 Å². The van der Waals surface area contributed by atoms with E-state index in [4.69, 9.17) is 4.52 Å². The van der Waals surface area contributed by atoms with Gasteiger partial charge in [0.2, 0.25) is 0 Å². The van der Waals surface area contributed by atoms with Crippen LogP contribution >= 0.6 is 0 Å². The number of carboxylic acid groups (broad SMARTS) is 1. The highest BCUT2D eigenvalue weighted by molar-refractivity contribution is 5.76. The number of fused-ring (bicyclic) bond motifs is 8. The van der Waals surface area contributed by atoms with Crippen molar-refractivity contribution in [2.24, 2.45) is 51.2 Å². The molecule has 0 aliphatic heterocycles. The van der Waals surface area contributed by atoms with Crippen LogP contribution in [0.15, 0.2) is 22.4 Å². The van der Waals surface area contributed by atoms with Gasteiger partial charge in [0.05, 0.1) is 11.1 Å². The van der Waals surface area contributed by atoms with Gasteiger partial charge in [0.15, 0.2) is 0 Å². The molecule has 6 rings (SSSR count). The Morgan fingerprint density at radius 1 is 1.03 bits per heavy atom. The fraction of sp³-hybridized carbons (Fsp3) is 0.806. The lowest BCUT2D eigenvalue weighted by Crippen LogP contribution is -2.65. The summed E-state index contributed by atoms with van der Waals surface area (Å²) < 4.78 is 5.52. The van der Waals surface area contributed by atoms with Crippen molar-refractivity contribution >= 4 is 5.97 Å². The first kappa shape index (κ1) is 23.8. The SMILES string of the molecule is C[C@@H]1CCC2(C(=O)O)CC[C@]3(C)C(=CC[C@@H]4[C@@]5(C)Cc6conc6C(C)(C)[C@@H]5CC[C@]43C)C2[C@H]1C. The largest absolute Gasteiger partial charge is 0.481 e. The van der Waals surface area contributed by atoms with Gasteiger partial charge >= 0.3 is 5.97 Å². The zero-order valence-electron chi connectivity index (χ0n) is 22.9. The number of hydrogen-bond acceptors (Lipinski definition) is 3. The standard InChI is InChI=1S/C31H45NO3/c1-18-10-13-31(26(33)34)15-14-29(6)21(24(31)19(18)2)8-9-23-28(5)16-20-17-35-32-25(20)27(3,4)22(28)11-12-30(23,29)7/h8,17-19,22-24H,9-16H2,1-7H3,(H,33,34)/t18-,19+,22+,23-,24?,28+,29-,30-,31?/m1/s1. The predicted octanol–water partition coefficient (Wildman–Crippen LogP) is 7.43. The summed E-state index contributed by atoms with van der Waals surface area (Å²) >= 11 is 0. The molecule has 4 heteroatoms. The summed E-state index contributed by atoms with van der Waals surface area (Å²) in [5.41, 5.74) is 3.89. The average molecular weight is 480 g/mol. The van der Waals surface area contributed by atoms with Crippen molar-refractivity contribution in [2.75, 3.05) is 0 Å². The molecule has 9 atom stereocenters. The molecule has 5 aliphatic carbocycles. The normalized spacial score (nSPS) is 50.0. The molecule has 0 saturated heterocycles. The molecule has 0 bridgehead atoms. The van der Waals surface area contributed by atoms with Crippen LogP contribution < -0.4 is 0 Å². The number of carbonyl (C=O) groups is 1. The lowest BCUT2D eigenvalue weighted by molar-refractivity contribution is -0.179. The summed E-state index contributed by atoms with van der Waals surface area (Å²) in [6.45, 7) is 17.2. The maximum absolute atomic E-state index is 12.9. The summed E-state index contributed by atoms with van der Waals surface area (Å²) in [5, 5.41) is 15.1. The number of aliphatic carboxylic acids is 1. The van der Waals surface area contributed by atoms with Crippen molar-refractivity contribution in [1.82, 2.24) is 5.16 Å². The van der Waals surface area contributed by atoms with Crippen LogP contribution in [-0.2, 0) is 16.6 Å². The fourth-order valence-electron chi connectivity index (χ4n) is 11.1. The van der Waals surface area contributed by atoms with Gasteiger partial charge in [-0.3, -0.25) is 4.79 Å². The monoisotopic (exact) mass is 479 g/mol. The molecule has 35 heavy (non-hydrogen) atoms. The van der Waals surface area contributed by atoms with Crippen LogP contribution in [-0.4, -0.2) is 16.2 Å². The first-order chi connectivity index (χ1) is 16.3. The molecule has 3 saturated carbocycles. The first-order valence-corrected chi connectivity index (χ1v) is 14.2. The van der Waals surface area contributed by atoms with Crippen LogP contribution in [0.1, 0.15) is 105 Å². The first-order valence-electron chi connectivity index (χ1n) is 14.2. The topological polar surface area (TPSA) is 63.3 Å². The predicted molar refractivity (Wildman–Crippen MR) is 137 cm³/mol. The lowest BCUT2D eigenvalue weighted by atomic mass is 9.33. The second kappa shape index (κ2) is 7.04. The van der Waals surface area contributed by atoms with E-state index in [9.17, 15) is 9.90 Å². The van der Waals surface area contributed by atoms with E-state index in [2.05, 4.69) is 59.7 Å². The van der Waals surface area contributed by atoms with Gasteiger partial charge in [-0.05, 0) is 97.2 Å². The van der Waals surface area contributed by atoms with Gasteiger partial charge in [-0.2, -0.15) is 0 Å². The summed E-state index contributed by atoms with van der Waals surface area (Å²) in [6.07, 6.45) is 12.8. The smallest absolute Gasteiger partial charge is 0.310 e. The average Bonchev–Trinajstić information content (AvgIpc) is 3.25. The summed E-state index contributed by atoms with van der Waals surface area (Å²) in [6, 6.07) is 0. The van der Waals surface area contributed by atoms with Crippen LogP contribution in [0.3, 0.4) is 0 Å². The van der Waals surface area contributed by atoms with Crippen molar-refractivity contribution in [3.8, 4) is 0 Å². The second-order valence-corrected chi connectivity index (χ2v) is 14.7. The van der Waals surface area contributed by atoms with Crippen LogP contribution in [0.25, 0.3) is 0 Å². The number of aromatic nitrogens is 1. The highest BCUT2D eigenvalue weighted by Gasteiger charge is 2.69. The van der Waals surface area contributed by atoms with Crippen LogP contribution in [0.2, 0.25) is 0 Å². The number of allylic oxidation sites excluding steroid dienone is 2. The summed E-state index contributed by atoms with van der Waals surface area (Å²) in [5.74, 6) is 1.81. The molecular weight excluding hydrogens is 434 g/mol. The minimum Gasteiger partial charge on any atom is -0.481 e. The van der Waals surface area contributed by atoms with Crippen molar-refractivity contribution in [3.05, 3.63) is 29.2 Å². The quantitative estimate of drug-likeness (QED) is 0.425. The minimum atomic E-state index is -0.564. The Morgan fingerprint density at radius 2 is 1.77 bits per heavy atom. The van der Waals surface area contributed by atoms with Crippen LogP contribution in [0, 0.1) is 51.2 Å². The van der Waals surface area contributed by atoms with Crippen LogP contribution in [0.4, 0.5) is 0 Å². The van der Waals surface area contributed by atoms with E-state index in [1.54, 1.807) is 0 Å². The molecule has 2 unspecified atom stereocenters.